The number of rotatable bonds is 4. The zero-order valence-electron chi connectivity index (χ0n) is 14.9. The molecule has 27 heavy (non-hydrogen) atoms. The summed E-state index contributed by atoms with van der Waals surface area (Å²) >= 11 is 1.45. The van der Waals surface area contributed by atoms with Crippen molar-refractivity contribution in [2.45, 2.75) is 24.8 Å². The summed E-state index contributed by atoms with van der Waals surface area (Å²) < 4.78 is 16.3. The topological polar surface area (TPSA) is 52.2 Å². The lowest BCUT2D eigenvalue weighted by Gasteiger charge is -2.08. The molecule has 7 heteroatoms. The molecule has 0 spiro atoms. The van der Waals surface area contributed by atoms with Crippen molar-refractivity contribution in [3.05, 3.63) is 87.7 Å². The van der Waals surface area contributed by atoms with E-state index in [-0.39, 0.29) is 17.0 Å². The number of thioether (sulfide) groups is 1. The van der Waals surface area contributed by atoms with E-state index in [4.69, 9.17) is 0 Å². The highest BCUT2D eigenvalue weighted by Gasteiger charge is 2.12. The fraction of sp³-hybridized carbons (Fsp3) is 0.150. The lowest BCUT2D eigenvalue weighted by molar-refractivity contribution is 0.627. The molecule has 0 aliphatic rings. The predicted octanol–water partition coefficient (Wildman–Crippen LogP) is 3.93. The van der Waals surface area contributed by atoms with Crippen LogP contribution in [0.15, 0.2) is 64.8 Å². The summed E-state index contributed by atoms with van der Waals surface area (Å²) in [5.74, 6) is 0.352. The van der Waals surface area contributed by atoms with Crippen molar-refractivity contribution in [1.29, 1.82) is 0 Å². The Kier molecular flexibility index (Phi) is 4.53. The van der Waals surface area contributed by atoms with Gasteiger partial charge >= 0.3 is 5.56 Å². The van der Waals surface area contributed by atoms with Crippen LogP contribution in [0, 0.1) is 19.7 Å². The van der Waals surface area contributed by atoms with Crippen LogP contribution in [0.25, 0.3) is 11.3 Å². The highest BCUT2D eigenvalue weighted by Crippen LogP contribution is 2.21. The van der Waals surface area contributed by atoms with Crippen LogP contribution in [-0.2, 0) is 5.75 Å². The number of benzene rings is 2. The van der Waals surface area contributed by atoms with Crippen LogP contribution in [0.2, 0.25) is 0 Å². The molecule has 4 aromatic rings. The Morgan fingerprint density at radius 2 is 1.70 bits per heavy atom. The molecule has 0 unspecified atom stereocenters. The minimum atomic E-state index is -0.261. The summed E-state index contributed by atoms with van der Waals surface area (Å²) in [5.41, 5.74) is 4.02. The molecule has 136 valence electrons. The van der Waals surface area contributed by atoms with E-state index in [1.54, 1.807) is 33.5 Å². The minimum absolute atomic E-state index is 0.219. The van der Waals surface area contributed by atoms with E-state index in [0.29, 0.717) is 10.9 Å². The summed E-state index contributed by atoms with van der Waals surface area (Å²) in [5, 5.41) is 8.85. The first kappa shape index (κ1) is 17.5. The maximum Gasteiger partial charge on any atom is 0.300 e. The summed E-state index contributed by atoms with van der Waals surface area (Å²) in [6.45, 7) is 4.00. The van der Waals surface area contributed by atoms with Crippen LogP contribution in [-0.4, -0.2) is 19.2 Å². The van der Waals surface area contributed by atoms with E-state index in [2.05, 4.69) is 16.3 Å². The van der Waals surface area contributed by atoms with Crippen LogP contribution in [0.3, 0.4) is 0 Å². The second-order valence-corrected chi connectivity index (χ2v) is 7.35. The second-order valence-electron chi connectivity index (χ2n) is 6.41. The first-order chi connectivity index (χ1) is 13.0. The van der Waals surface area contributed by atoms with Crippen LogP contribution in [0.5, 0.6) is 0 Å². The molecule has 0 amide bonds. The third-order valence-electron chi connectivity index (χ3n) is 4.21. The third kappa shape index (κ3) is 3.50. The standard InChI is InChI=1S/C20H17FN4OS/c1-13-9-14(2)11-17(10-13)24-7-8-25-18(19(24)26)22-23-20(25)27-12-15-3-5-16(21)6-4-15/h3-11H,12H2,1-2H3. The summed E-state index contributed by atoms with van der Waals surface area (Å²) in [6, 6.07) is 12.3. The lowest BCUT2D eigenvalue weighted by atomic mass is 10.1. The highest BCUT2D eigenvalue weighted by molar-refractivity contribution is 7.98. The molecular weight excluding hydrogens is 363 g/mol. The average Bonchev–Trinajstić information content (AvgIpc) is 3.05. The molecule has 0 saturated heterocycles. The monoisotopic (exact) mass is 380 g/mol. The van der Waals surface area contributed by atoms with Gasteiger partial charge in [0.15, 0.2) is 5.16 Å². The van der Waals surface area contributed by atoms with E-state index in [1.165, 1.54) is 23.9 Å². The molecule has 0 N–H and O–H groups in total. The Hall–Kier alpha value is -2.93. The van der Waals surface area contributed by atoms with Gasteiger partial charge in [0.2, 0.25) is 5.65 Å². The third-order valence-corrected chi connectivity index (χ3v) is 5.22. The van der Waals surface area contributed by atoms with Crippen molar-refractivity contribution in [2.75, 3.05) is 0 Å². The Labute approximate surface area is 159 Å². The molecule has 0 bridgehead atoms. The number of hydrogen-bond donors (Lipinski definition) is 0. The van der Waals surface area contributed by atoms with Gasteiger partial charge < -0.3 is 0 Å². The zero-order chi connectivity index (χ0) is 19.0. The van der Waals surface area contributed by atoms with E-state index in [9.17, 15) is 9.18 Å². The normalized spacial score (nSPS) is 11.2. The Morgan fingerprint density at radius 1 is 1.00 bits per heavy atom. The van der Waals surface area contributed by atoms with Crippen LogP contribution >= 0.6 is 11.8 Å². The molecule has 0 saturated carbocycles. The SMILES string of the molecule is Cc1cc(C)cc(-n2ccn3c(SCc4ccc(F)cc4)nnc3c2=O)c1. The van der Waals surface area contributed by atoms with E-state index in [1.807, 2.05) is 26.0 Å². The summed E-state index contributed by atoms with van der Waals surface area (Å²) in [6.07, 6.45) is 3.52. The van der Waals surface area contributed by atoms with Gasteiger partial charge in [-0.2, -0.15) is 0 Å². The fourth-order valence-electron chi connectivity index (χ4n) is 2.99. The maximum atomic E-state index is 13.0. The minimum Gasteiger partial charge on any atom is -0.280 e. The average molecular weight is 380 g/mol. The zero-order valence-corrected chi connectivity index (χ0v) is 15.7. The number of hydrogen-bond acceptors (Lipinski definition) is 4. The predicted molar refractivity (Wildman–Crippen MR) is 104 cm³/mol. The summed E-state index contributed by atoms with van der Waals surface area (Å²) in [4.78, 5) is 12.9. The molecule has 0 aliphatic carbocycles. The van der Waals surface area contributed by atoms with Crippen LogP contribution in [0.1, 0.15) is 16.7 Å². The molecule has 0 atom stereocenters. The van der Waals surface area contributed by atoms with Crippen molar-refractivity contribution in [3.63, 3.8) is 0 Å². The number of nitrogens with zero attached hydrogens (tertiary/aromatic N) is 4. The van der Waals surface area contributed by atoms with Crippen LogP contribution in [0.4, 0.5) is 4.39 Å². The van der Waals surface area contributed by atoms with E-state index < -0.39 is 0 Å². The fourth-order valence-corrected chi connectivity index (χ4v) is 3.86. The van der Waals surface area contributed by atoms with Gasteiger partial charge in [0, 0.05) is 23.8 Å². The Balaban J connectivity index is 1.67. The van der Waals surface area contributed by atoms with E-state index >= 15 is 0 Å². The number of halogens is 1. The van der Waals surface area contributed by atoms with Crippen molar-refractivity contribution >= 4 is 17.4 Å². The second kappa shape index (κ2) is 7.00. The van der Waals surface area contributed by atoms with Gasteiger partial charge in [-0.25, -0.2) is 4.39 Å². The summed E-state index contributed by atoms with van der Waals surface area (Å²) in [7, 11) is 0. The van der Waals surface area contributed by atoms with Gasteiger partial charge in [-0.3, -0.25) is 13.8 Å². The van der Waals surface area contributed by atoms with Crippen molar-refractivity contribution in [2.24, 2.45) is 0 Å². The van der Waals surface area contributed by atoms with Gasteiger partial charge in [0.25, 0.3) is 0 Å². The number of aromatic nitrogens is 4. The van der Waals surface area contributed by atoms with Crippen molar-refractivity contribution in [3.8, 4) is 5.69 Å². The molecular formula is C20H17FN4OS. The van der Waals surface area contributed by atoms with E-state index in [0.717, 1.165) is 22.4 Å². The Bertz CT molecular complexity index is 1160. The molecule has 2 aromatic heterocycles. The van der Waals surface area contributed by atoms with Crippen molar-refractivity contribution in [1.82, 2.24) is 19.2 Å². The Morgan fingerprint density at radius 3 is 2.41 bits per heavy atom. The van der Waals surface area contributed by atoms with Gasteiger partial charge in [-0.05, 0) is 54.8 Å². The largest absolute Gasteiger partial charge is 0.300 e. The van der Waals surface area contributed by atoms with Gasteiger partial charge in [-0.1, -0.05) is 30.0 Å². The van der Waals surface area contributed by atoms with Gasteiger partial charge in [-0.15, -0.1) is 10.2 Å². The smallest absolute Gasteiger partial charge is 0.280 e. The molecule has 0 fully saturated rings. The first-order valence-corrected chi connectivity index (χ1v) is 9.42. The quantitative estimate of drug-likeness (QED) is 0.504. The molecule has 0 aliphatic heterocycles. The van der Waals surface area contributed by atoms with Crippen LogP contribution < -0.4 is 5.56 Å². The molecule has 0 radical (unpaired) electrons. The van der Waals surface area contributed by atoms with Gasteiger partial charge in [0.05, 0.1) is 0 Å². The number of fused-ring (bicyclic) bond motifs is 1. The number of aryl methyl sites for hydroxylation is 2. The molecule has 4 rings (SSSR count). The van der Waals surface area contributed by atoms with Crippen molar-refractivity contribution < 1.29 is 4.39 Å². The highest BCUT2D eigenvalue weighted by atomic mass is 32.2. The van der Waals surface area contributed by atoms with Gasteiger partial charge in [0.1, 0.15) is 5.82 Å². The molecule has 2 aromatic carbocycles. The lowest BCUT2D eigenvalue weighted by Crippen LogP contribution is -2.20. The molecule has 2 heterocycles. The maximum absolute atomic E-state index is 13.0. The molecule has 5 nitrogen and oxygen atoms in total. The first-order valence-electron chi connectivity index (χ1n) is 8.43.